The van der Waals surface area contributed by atoms with Crippen molar-refractivity contribution < 1.29 is 19.4 Å². The van der Waals surface area contributed by atoms with Crippen molar-refractivity contribution in [1.29, 1.82) is 0 Å². The molecule has 6 nitrogen and oxygen atoms in total. The predicted molar refractivity (Wildman–Crippen MR) is 82.2 cm³/mol. The number of nitrogens with one attached hydrogen (secondary N) is 1. The molecular formula is C15H19ClN2O4. The van der Waals surface area contributed by atoms with Gasteiger partial charge < -0.3 is 20.1 Å². The van der Waals surface area contributed by atoms with E-state index >= 15 is 0 Å². The van der Waals surface area contributed by atoms with Crippen LogP contribution in [0.5, 0.6) is 5.75 Å². The lowest BCUT2D eigenvalue weighted by atomic mass is 9.96. The molecule has 0 unspecified atom stereocenters. The third-order valence-electron chi connectivity index (χ3n) is 3.84. The molecule has 1 aromatic carbocycles. The molecule has 2 amide bonds. The molecule has 1 saturated heterocycles. The summed E-state index contributed by atoms with van der Waals surface area (Å²) in [7, 11) is 1.55. The monoisotopic (exact) mass is 326 g/mol. The van der Waals surface area contributed by atoms with Crippen molar-refractivity contribution in [1.82, 2.24) is 10.2 Å². The minimum atomic E-state index is -0.926. The fraction of sp³-hybridized carbons (Fsp3) is 0.467. The Morgan fingerprint density at radius 3 is 2.68 bits per heavy atom. The maximum atomic E-state index is 12.2. The Morgan fingerprint density at radius 2 is 2.09 bits per heavy atom. The maximum absolute atomic E-state index is 12.2. The average Bonchev–Trinajstić information content (AvgIpc) is 2.53. The molecule has 2 rings (SSSR count). The third kappa shape index (κ3) is 4.04. The SMILES string of the molecule is COc1cc(Cl)ccc1CNC(=O)C1CCN(C(=O)O)CC1. The molecule has 0 atom stereocenters. The van der Waals surface area contributed by atoms with Gasteiger partial charge in [0.2, 0.25) is 5.91 Å². The number of benzene rings is 1. The van der Waals surface area contributed by atoms with Gasteiger partial charge in [-0.2, -0.15) is 0 Å². The number of halogens is 1. The summed E-state index contributed by atoms with van der Waals surface area (Å²) in [5.74, 6) is 0.435. The zero-order valence-corrected chi connectivity index (χ0v) is 13.1. The zero-order valence-electron chi connectivity index (χ0n) is 12.3. The molecule has 1 aliphatic rings. The van der Waals surface area contributed by atoms with E-state index in [4.69, 9.17) is 21.4 Å². The number of rotatable bonds is 4. The summed E-state index contributed by atoms with van der Waals surface area (Å²) in [6, 6.07) is 5.26. The first-order valence-electron chi connectivity index (χ1n) is 7.09. The first-order chi connectivity index (χ1) is 10.5. The van der Waals surface area contributed by atoms with Gasteiger partial charge in [-0.15, -0.1) is 0 Å². The lowest BCUT2D eigenvalue weighted by Crippen LogP contribution is -2.42. The summed E-state index contributed by atoms with van der Waals surface area (Å²) in [4.78, 5) is 24.4. The van der Waals surface area contributed by atoms with Crippen LogP contribution in [-0.4, -0.2) is 42.2 Å². The van der Waals surface area contributed by atoms with E-state index < -0.39 is 6.09 Å². The Kier molecular flexibility index (Phi) is 5.49. The number of amides is 2. The number of hydrogen-bond donors (Lipinski definition) is 2. The summed E-state index contributed by atoms with van der Waals surface area (Å²) in [5, 5.41) is 12.4. The normalized spacial score (nSPS) is 15.5. The van der Waals surface area contributed by atoms with Gasteiger partial charge in [0.05, 0.1) is 7.11 Å². The van der Waals surface area contributed by atoms with Gasteiger partial charge in [0.1, 0.15) is 5.75 Å². The fourth-order valence-corrected chi connectivity index (χ4v) is 2.69. The standard InChI is InChI=1S/C15H19ClN2O4/c1-22-13-8-12(16)3-2-11(13)9-17-14(19)10-4-6-18(7-5-10)15(20)21/h2-3,8,10H,4-7,9H2,1H3,(H,17,19)(H,20,21). The second-order valence-corrected chi connectivity index (χ2v) is 5.65. The van der Waals surface area contributed by atoms with Crippen LogP contribution < -0.4 is 10.1 Å². The molecule has 0 aliphatic carbocycles. The van der Waals surface area contributed by atoms with Gasteiger partial charge in [-0.25, -0.2) is 4.79 Å². The molecule has 1 aliphatic heterocycles. The molecule has 1 heterocycles. The summed E-state index contributed by atoms with van der Waals surface area (Å²) in [6.45, 7) is 1.16. The minimum Gasteiger partial charge on any atom is -0.496 e. The average molecular weight is 327 g/mol. The molecule has 1 fully saturated rings. The van der Waals surface area contributed by atoms with Gasteiger partial charge in [-0.3, -0.25) is 4.79 Å². The van der Waals surface area contributed by atoms with E-state index in [1.807, 2.05) is 6.07 Å². The Balaban J connectivity index is 1.87. The number of nitrogens with zero attached hydrogens (tertiary/aromatic N) is 1. The van der Waals surface area contributed by atoms with Crippen molar-refractivity contribution in [2.45, 2.75) is 19.4 Å². The van der Waals surface area contributed by atoms with Crippen molar-refractivity contribution in [3.63, 3.8) is 0 Å². The number of ether oxygens (including phenoxy) is 1. The second-order valence-electron chi connectivity index (χ2n) is 5.22. The number of piperidine rings is 1. The van der Waals surface area contributed by atoms with Crippen LogP contribution in [0, 0.1) is 5.92 Å². The maximum Gasteiger partial charge on any atom is 0.407 e. The van der Waals surface area contributed by atoms with E-state index in [0.29, 0.717) is 43.2 Å². The number of hydrogen-bond acceptors (Lipinski definition) is 3. The van der Waals surface area contributed by atoms with Crippen molar-refractivity contribution >= 4 is 23.6 Å². The highest BCUT2D eigenvalue weighted by Crippen LogP contribution is 2.23. The van der Waals surface area contributed by atoms with E-state index in [1.54, 1.807) is 19.2 Å². The molecule has 0 radical (unpaired) electrons. The lowest BCUT2D eigenvalue weighted by Gasteiger charge is -2.29. The van der Waals surface area contributed by atoms with E-state index in [2.05, 4.69) is 5.32 Å². The second kappa shape index (κ2) is 7.35. The Bertz CT molecular complexity index is 556. The molecular weight excluding hydrogens is 308 g/mol. The topological polar surface area (TPSA) is 78.9 Å². The molecule has 120 valence electrons. The van der Waals surface area contributed by atoms with Gasteiger partial charge in [0.25, 0.3) is 0 Å². The number of carboxylic acid groups (broad SMARTS) is 1. The molecule has 2 N–H and O–H groups in total. The first-order valence-corrected chi connectivity index (χ1v) is 7.47. The molecule has 0 aromatic heterocycles. The zero-order chi connectivity index (χ0) is 16.1. The largest absolute Gasteiger partial charge is 0.496 e. The Labute approximate surface area is 134 Å². The Hall–Kier alpha value is -1.95. The Morgan fingerprint density at radius 1 is 1.41 bits per heavy atom. The molecule has 0 saturated carbocycles. The number of likely N-dealkylation sites (tertiary alicyclic amines) is 1. The van der Waals surface area contributed by atoms with Crippen LogP contribution in [0.1, 0.15) is 18.4 Å². The molecule has 7 heteroatoms. The first kappa shape index (κ1) is 16.4. The highest BCUT2D eigenvalue weighted by atomic mass is 35.5. The van der Waals surface area contributed by atoms with Crippen LogP contribution in [0.3, 0.4) is 0 Å². The van der Waals surface area contributed by atoms with Crippen LogP contribution in [0.15, 0.2) is 18.2 Å². The molecule has 22 heavy (non-hydrogen) atoms. The third-order valence-corrected chi connectivity index (χ3v) is 4.07. The van der Waals surface area contributed by atoms with Crippen molar-refractivity contribution in [3.8, 4) is 5.75 Å². The van der Waals surface area contributed by atoms with Crippen LogP contribution in [0.4, 0.5) is 4.79 Å². The molecule has 0 bridgehead atoms. The summed E-state index contributed by atoms with van der Waals surface area (Å²) < 4.78 is 5.24. The minimum absolute atomic E-state index is 0.0537. The summed E-state index contributed by atoms with van der Waals surface area (Å²) >= 11 is 5.90. The van der Waals surface area contributed by atoms with Gasteiger partial charge in [0, 0.05) is 36.1 Å². The van der Waals surface area contributed by atoms with Gasteiger partial charge in [-0.1, -0.05) is 17.7 Å². The lowest BCUT2D eigenvalue weighted by molar-refractivity contribution is -0.126. The van der Waals surface area contributed by atoms with E-state index in [-0.39, 0.29) is 11.8 Å². The highest BCUT2D eigenvalue weighted by Gasteiger charge is 2.26. The van der Waals surface area contributed by atoms with E-state index in [1.165, 1.54) is 4.90 Å². The predicted octanol–water partition coefficient (Wildman–Crippen LogP) is 2.35. The van der Waals surface area contributed by atoms with Crippen LogP contribution in [0.2, 0.25) is 5.02 Å². The van der Waals surface area contributed by atoms with Crippen LogP contribution >= 0.6 is 11.6 Å². The smallest absolute Gasteiger partial charge is 0.407 e. The van der Waals surface area contributed by atoms with Gasteiger partial charge in [-0.05, 0) is 25.0 Å². The number of carbonyl (C=O) groups is 2. The number of carbonyl (C=O) groups excluding carboxylic acids is 1. The van der Waals surface area contributed by atoms with Gasteiger partial charge >= 0.3 is 6.09 Å². The molecule has 0 spiro atoms. The quantitative estimate of drug-likeness (QED) is 0.890. The highest BCUT2D eigenvalue weighted by molar-refractivity contribution is 6.30. The van der Waals surface area contributed by atoms with Crippen LogP contribution in [0.25, 0.3) is 0 Å². The fourth-order valence-electron chi connectivity index (χ4n) is 2.52. The van der Waals surface area contributed by atoms with E-state index in [9.17, 15) is 9.59 Å². The van der Waals surface area contributed by atoms with Crippen molar-refractivity contribution in [2.24, 2.45) is 5.92 Å². The molecule has 1 aromatic rings. The summed E-state index contributed by atoms with van der Waals surface area (Å²) in [6.07, 6.45) is 0.177. The number of methoxy groups -OCH3 is 1. The van der Waals surface area contributed by atoms with E-state index in [0.717, 1.165) is 5.56 Å². The van der Waals surface area contributed by atoms with Crippen molar-refractivity contribution in [2.75, 3.05) is 20.2 Å². The summed E-state index contributed by atoms with van der Waals surface area (Å²) in [5.41, 5.74) is 0.850. The van der Waals surface area contributed by atoms with Gasteiger partial charge in [0.15, 0.2) is 0 Å². The van der Waals surface area contributed by atoms with Crippen molar-refractivity contribution in [3.05, 3.63) is 28.8 Å². The van der Waals surface area contributed by atoms with Crippen LogP contribution in [-0.2, 0) is 11.3 Å².